The normalized spacial score (nSPS) is 11.3. The molecule has 0 saturated heterocycles. The number of nitrogens with zero attached hydrogens (tertiary/aromatic N) is 3. The van der Waals surface area contributed by atoms with Crippen molar-refractivity contribution in [2.75, 3.05) is 0 Å². The molecule has 0 aliphatic heterocycles. The van der Waals surface area contributed by atoms with Crippen LogP contribution in [-0.2, 0) is 7.05 Å². The number of fused-ring (bicyclic) bond motifs is 1. The van der Waals surface area contributed by atoms with E-state index in [0.29, 0.717) is 17.0 Å². The molecule has 4 rings (SSSR count). The summed E-state index contributed by atoms with van der Waals surface area (Å²) in [6.07, 6.45) is 3.62. The second-order valence-electron chi connectivity index (χ2n) is 6.24. The first-order valence-corrected chi connectivity index (χ1v) is 8.54. The molecule has 0 atom stereocenters. The van der Waals surface area contributed by atoms with Crippen molar-refractivity contribution in [1.29, 1.82) is 0 Å². The van der Waals surface area contributed by atoms with E-state index in [-0.39, 0.29) is 5.91 Å². The molecule has 2 aromatic heterocycles. The SMILES string of the molecule is Cc1onc(-c2ccccc2)c1C(=O)NN=Cc1cn(C)c2ccccc12. The van der Waals surface area contributed by atoms with E-state index < -0.39 is 0 Å². The quantitative estimate of drug-likeness (QED) is 0.444. The summed E-state index contributed by atoms with van der Waals surface area (Å²) < 4.78 is 7.25. The Bertz CT molecular complexity index is 1140. The number of carbonyl (C=O) groups is 1. The summed E-state index contributed by atoms with van der Waals surface area (Å²) in [4.78, 5) is 12.6. The number of aryl methyl sites for hydroxylation is 2. The smallest absolute Gasteiger partial charge is 0.277 e. The molecule has 0 fully saturated rings. The van der Waals surface area contributed by atoms with Crippen LogP contribution in [0, 0.1) is 6.92 Å². The molecule has 0 saturated carbocycles. The summed E-state index contributed by atoms with van der Waals surface area (Å²) in [7, 11) is 1.98. The lowest BCUT2D eigenvalue weighted by atomic mass is 10.1. The van der Waals surface area contributed by atoms with Gasteiger partial charge >= 0.3 is 0 Å². The van der Waals surface area contributed by atoms with Gasteiger partial charge in [-0.3, -0.25) is 4.79 Å². The van der Waals surface area contributed by atoms with Crippen LogP contribution in [0.2, 0.25) is 0 Å². The predicted molar refractivity (Wildman–Crippen MR) is 105 cm³/mol. The number of hydrogen-bond donors (Lipinski definition) is 1. The number of carbonyl (C=O) groups excluding carboxylic acids is 1. The summed E-state index contributed by atoms with van der Waals surface area (Å²) in [6.45, 7) is 1.71. The van der Waals surface area contributed by atoms with E-state index in [1.807, 2.05) is 72.4 Å². The maximum Gasteiger partial charge on any atom is 0.277 e. The van der Waals surface area contributed by atoms with Crippen molar-refractivity contribution in [2.45, 2.75) is 6.92 Å². The van der Waals surface area contributed by atoms with Crippen LogP contribution in [0.3, 0.4) is 0 Å². The molecule has 0 aliphatic carbocycles. The van der Waals surface area contributed by atoms with E-state index in [1.54, 1.807) is 13.1 Å². The van der Waals surface area contributed by atoms with Gasteiger partial charge in [-0.2, -0.15) is 5.10 Å². The second-order valence-corrected chi connectivity index (χ2v) is 6.24. The largest absolute Gasteiger partial charge is 0.360 e. The summed E-state index contributed by atoms with van der Waals surface area (Å²) in [6, 6.07) is 17.5. The van der Waals surface area contributed by atoms with Crippen molar-refractivity contribution in [1.82, 2.24) is 15.1 Å². The van der Waals surface area contributed by atoms with E-state index in [9.17, 15) is 4.79 Å². The number of aromatic nitrogens is 2. The summed E-state index contributed by atoms with van der Waals surface area (Å²) in [5, 5.41) is 9.23. The van der Waals surface area contributed by atoms with Crippen molar-refractivity contribution in [2.24, 2.45) is 12.1 Å². The molecule has 0 aliphatic rings. The number of hydrazone groups is 1. The Morgan fingerprint density at radius 3 is 2.70 bits per heavy atom. The van der Waals surface area contributed by atoms with Crippen molar-refractivity contribution in [3.05, 3.63) is 77.7 Å². The Kier molecular flexibility index (Phi) is 4.30. The fourth-order valence-corrected chi connectivity index (χ4v) is 3.12. The number of amides is 1. The topological polar surface area (TPSA) is 72.4 Å². The van der Waals surface area contributed by atoms with Gasteiger partial charge in [-0.05, 0) is 13.0 Å². The predicted octanol–water partition coefficient (Wildman–Crippen LogP) is 3.91. The van der Waals surface area contributed by atoms with Crippen LogP contribution in [-0.4, -0.2) is 21.8 Å². The van der Waals surface area contributed by atoms with Crippen molar-refractivity contribution >= 4 is 23.0 Å². The van der Waals surface area contributed by atoms with E-state index in [0.717, 1.165) is 22.0 Å². The third kappa shape index (κ3) is 3.13. The molecule has 2 heterocycles. The van der Waals surface area contributed by atoms with Gasteiger partial charge in [0, 0.05) is 35.3 Å². The minimum Gasteiger partial charge on any atom is -0.360 e. The number of hydrogen-bond acceptors (Lipinski definition) is 4. The number of nitrogens with one attached hydrogen (secondary N) is 1. The Morgan fingerprint density at radius 1 is 1.15 bits per heavy atom. The highest BCUT2D eigenvalue weighted by atomic mass is 16.5. The second kappa shape index (κ2) is 6.92. The van der Waals surface area contributed by atoms with Crippen LogP contribution in [0.1, 0.15) is 21.7 Å². The average Bonchev–Trinajstić information content (AvgIpc) is 3.23. The van der Waals surface area contributed by atoms with Gasteiger partial charge in [0.05, 0.1) is 6.21 Å². The molecule has 0 unspecified atom stereocenters. The number of para-hydroxylation sites is 1. The molecular formula is C21H18N4O2. The Morgan fingerprint density at radius 2 is 1.89 bits per heavy atom. The first kappa shape index (κ1) is 16.8. The first-order valence-electron chi connectivity index (χ1n) is 8.54. The molecule has 2 aromatic carbocycles. The maximum atomic E-state index is 12.6. The molecule has 0 bridgehead atoms. The molecule has 6 nitrogen and oxygen atoms in total. The van der Waals surface area contributed by atoms with E-state index >= 15 is 0 Å². The highest BCUT2D eigenvalue weighted by Crippen LogP contribution is 2.25. The highest BCUT2D eigenvalue weighted by Gasteiger charge is 2.21. The summed E-state index contributed by atoms with van der Waals surface area (Å²) >= 11 is 0. The number of rotatable bonds is 4. The molecule has 134 valence electrons. The zero-order valence-corrected chi connectivity index (χ0v) is 15.0. The zero-order chi connectivity index (χ0) is 18.8. The fourth-order valence-electron chi connectivity index (χ4n) is 3.12. The van der Waals surface area contributed by atoms with Crippen LogP contribution < -0.4 is 5.43 Å². The molecule has 27 heavy (non-hydrogen) atoms. The minimum atomic E-state index is -0.357. The lowest BCUT2D eigenvalue weighted by Gasteiger charge is -2.01. The summed E-state index contributed by atoms with van der Waals surface area (Å²) in [5.41, 5.74) is 6.32. The van der Waals surface area contributed by atoms with Crippen molar-refractivity contribution < 1.29 is 9.32 Å². The third-order valence-electron chi connectivity index (χ3n) is 4.43. The van der Waals surface area contributed by atoms with Gasteiger partial charge in [-0.15, -0.1) is 0 Å². The van der Waals surface area contributed by atoms with Gasteiger partial charge in [0.25, 0.3) is 5.91 Å². The van der Waals surface area contributed by atoms with Crippen LogP contribution in [0.4, 0.5) is 0 Å². The van der Waals surface area contributed by atoms with Gasteiger partial charge in [0.15, 0.2) is 0 Å². The standard InChI is InChI=1S/C21H18N4O2/c1-14-19(20(24-27-14)15-8-4-3-5-9-15)21(26)23-22-12-16-13-25(2)18-11-7-6-10-17(16)18/h3-13H,1-2H3,(H,23,26). The van der Waals surface area contributed by atoms with Gasteiger partial charge in [-0.25, -0.2) is 5.43 Å². The molecule has 6 heteroatoms. The third-order valence-corrected chi connectivity index (χ3v) is 4.43. The lowest BCUT2D eigenvalue weighted by Crippen LogP contribution is -2.18. The van der Waals surface area contributed by atoms with Crippen LogP contribution in [0.5, 0.6) is 0 Å². The number of benzene rings is 2. The Balaban J connectivity index is 1.58. The molecule has 1 amide bonds. The highest BCUT2D eigenvalue weighted by molar-refractivity contribution is 6.02. The van der Waals surface area contributed by atoms with Crippen LogP contribution in [0.15, 0.2) is 70.4 Å². The zero-order valence-electron chi connectivity index (χ0n) is 15.0. The fraction of sp³-hybridized carbons (Fsp3) is 0.0952. The van der Waals surface area contributed by atoms with Crippen LogP contribution >= 0.6 is 0 Å². The van der Waals surface area contributed by atoms with Gasteiger partial charge < -0.3 is 9.09 Å². The minimum absolute atomic E-state index is 0.357. The van der Waals surface area contributed by atoms with E-state index in [2.05, 4.69) is 15.7 Å². The van der Waals surface area contributed by atoms with Gasteiger partial charge in [0.2, 0.25) is 0 Å². The average molecular weight is 358 g/mol. The molecular weight excluding hydrogens is 340 g/mol. The Labute approximate surface area is 156 Å². The maximum absolute atomic E-state index is 12.6. The Hall–Kier alpha value is -3.67. The molecule has 0 spiro atoms. The van der Waals surface area contributed by atoms with E-state index in [1.165, 1.54) is 0 Å². The molecule has 1 N–H and O–H groups in total. The van der Waals surface area contributed by atoms with Crippen LogP contribution in [0.25, 0.3) is 22.2 Å². The molecule has 0 radical (unpaired) electrons. The van der Waals surface area contributed by atoms with Crippen molar-refractivity contribution in [3.63, 3.8) is 0 Å². The summed E-state index contributed by atoms with van der Waals surface area (Å²) in [5.74, 6) is 0.0933. The van der Waals surface area contributed by atoms with E-state index in [4.69, 9.17) is 4.52 Å². The first-order chi connectivity index (χ1) is 13.1. The van der Waals surface area contributed by atoms with Gasteiger partial charge in [-0.1, -0.05) is 53.7 Å². The molecule has 4 aromatic rings. The van der Waals surface area contributed by atoms with Crippen molar-refractivity contribution in [3.8, 4) is 11.3 Å². The lowest BCUT2D eigenvalue weighted by molar-refractivity contribution is 0.0954. The monoisotopic (exact) mass is 358 g/mol. The van der Waals surface area contributed by atoms with Gasteiger partial charge in [0.1, 0.15) is 17.0 Å².